The molecule has 2 amide bonds. The lowest BCUT2D eigenvalue weighted by atomic mass is 10.1. The molecule has 0 atom stereocenters. The van der Waals surface area contributed by atoms with Crippen LogP contribution in [0, 0.1) is 11.6 Å². The lowest BCUT2D eigenvalue weighted by molar-refractivity contribution is 0.0207. The third-order valence-corrected chi connectivity index (χ3v) is 2.81. The number of amides is 2. The van der Waals surface area contributed by atoms with Crippen LogP contribution in [0.1, 0.15) is 10.4 Å². The van der Waals surface area contributed by atoms with E-state index in [2.05, 4.69) is 10.7 Å². The van der Waals surface area contributed by atoms with Crippen molar-refractivity contribution in [1.82, 2.24) is 10.4 Å². The monoisotopic (exact) mass is 301 g/mol. The molecular formula is C12H13F2N3O4. The minimum atomic E-state index is -1.48. The standard InChI is InChI=1S/C12H13F2N3O4/c13-8-5-7(11(18)19)10(6-9(8)14)15-12(20)16-17-1-3-21-4-2-17/h5-6H,1-4H2,(H,18,19)(H2,15,16,20). The first-order valence-electron chi connectivity index (χ1n) is 6.10. The second-order valence-corrected chi connectivity index (χ2v) is 4.28. The number of rotatable bonds is 3. The number of nitrogens with one attached hydrogen (secondary N) is 2. The molecule has 1 aromatic carbocycles. The van der Waals surface area contributed by atoms with Gasteiger partial charge in [-0.05, 0) is 6.07 Å². The van der Waals surface area contributed by atoms with E-state index in [0.29, 0.717) is 38.4 Å². The Kier molecular flexibility index (Phi) is 4.66. The van der Waals surface area contributed by atoms with E-state index in [-0.39, 0.29) is 5.69 Å². The Balaban J connectivity index is 2.09. The van der Waals surface area contributed by atoms with Crippen LogP contribution < -0.4 is 10.7 Å². The first-order chi connectivity index (χ1) is 9.97. The van der Waals surface area contributed by atoms with Gasteiger partial charge in [-0.15, -0.1) is 0 Å². The number of aromatic carboxylic acids is 1. The van der Waals surface area contributed by atoms with Gasteiger partial charge < -0.3 is 15.2 Å². The number of carboxylic acid groups (broad SMARTS) is 1. The Hall–Kier alpha value is -2.26. The number of hydrogen-bond donors (Lipinski definition) is 3. The average molecular weight is 301 g/mol. The number of hydrazine groups is 1. The van der Waals surface area contributed by atoms with E-state index in [1.54, 1.807) is 5.01 Å². The number of ether oxygens (including phenoxy) is 1. The Morgan fingerprint density at radius 2 is 1.81 bits per heavy atom. The van der Waals surface area contributed by atoms with Gasteiger partial charge in [0, 0.05) is 19.2 Å². The second kappa shape index (κ2) is 6.46. The van der Waals surface area contributed by atoms with Gasteiger partial charge >= 0.3 is 12.0 Å². The third-order valence-electron chi connectivity index (χ3n) is 2.81. The van der Waals surface area contributed by atoms with Crippen molar-refractivity contribution < 1.29 is 28.2 Å². The van der Waals surface area contributed by atoms with Gasteiger partial charge in [0.2, 0.25) is 0 Å². The van der Waals surface area contributed by atoms with Gasteiger partial charge in [0.15, 0.2) is 11.6 Å². The molecule has 9 heteroatoms. The predicted molar refractivity (Wildman–Crippen MR) is 67.9 cm³/mol. The molecule has 0 unspecified atom stereocenters. The maximum absolute atomic E-state index is 13.2. The number of morpholine rings is 1. The molecule has 3 N–H and O–H groups in total. The second-order valence-electron chi connectivity index (χ2n) is 4.28. The van der Waals surface area contributed by atoms with Crippen molar-refractivity contribution in [3.63, 3.8) is 0 Å². The molecular weight excluding hydrogens is 288 g/mol. The number of carboxylic acids is 1. The molecule has 0 spiro atoms. The van der Waals surface area contributed by atoms with Crippen molar-refractivity contribution in [2.75, 3.05) is 31.6 Å². The van der Waals surface area contributed by atoms with Crippen molar-refractivity contribution in [2.45, 2.75) is 0 Å². The molecule has 0 aliphatic carbocycles. The van der Waals surface area contributed by atoms with Gasteiger partial charge in [0.1, 0.15) is 0 Å². The highest BCUT2D eigenvalue weighted by Crippen LogP contribution is 2.20. The zero-order chi connectivity index (χ0) is 15.4. The number of hydrogen-bond acceptors (Lipinski definition) is 4. The number of benzene rings is 1. The topological polar surface area (TPSA) is 90.9 Å². The summed E-state index contributed by atoms with van der Waals surface area (Å²) < 4.78 is 31.3. The summed E-state index contributed by atoms with van der Waals surface area (Å²) in [7, 11) is 0. The number of halogens is 2. The lowest BCUT2D eigenvalue weighted by Gasteiger charge is -2.27. The largest absolute Gasteiger partial charge is 0.478 e. The van der Waals surface area contributed by atoms with Crippen LogP contribution in [0.4, 0.5) is 19.3 Å². The summed E-state index contributed by atoms with van der Waals surface area (Å²) in [5.41, 5.74) is 1.60. The van der Waals surface area contributed by atoms with Gasteiger partial charge in [0.25, 0.3) is 0 Å². The molecule has 1 aliphatic rings. The fourth-order valence-corrected chi connectivity index (χ4v) is 1.80. The molecule has 0 bridgehead atoms. The summed E-state index contributed by atoms with van der Waals surface area (Å²) in [6.45, 7) is 1.84. The van der Waals surface area contributed by atoms with E-state index in [1.165, 1.54) is 0 Å². The van der Waals surface area contributed by atoms with Crippen LogP contribution in [0.3, 0.4) is 0 Å². The fourth-order valence-electron chi connectivity index (χ4n) is 1.80. The molecule has 114 valence electrons. The van der Waals surface area contributed by atoms with Crippen molar-refractivity contribution in [3.8, 4) is 0 Å². The quantitative estimate of drug-likeness (QED) is 0.776. The van der Waals surface area contributed by atoms with E-state index in [0.717, 1.165) is 0 Å². The van der Waals surface area contributed by atoms with Gasteiger partial charge in [-0.1, -0.05) is 0 Å². The van der Waals surface area contributed by atoms with Crippen LogP contribution in [-0.2, 0) is 4.74 Å². The number of carbonyl (C=O) groups excluding carboxylic acids is 1. The smallest absolute Gasteiger partial charge is 0.337 e. The normalized spacial score (nSPS) is 15.5. The van der Waals surface area contributed by atoms with Crippen molar-refractivity contribution in [2.24, 2.45) is 0 Å². The molecule has 1 heterocycles. The Labute approximate surface area is 118 Å². The third kappa shape index (κ3) is 3.86. The molecule has 1 fully saturated rings. The minimum Gasteiger partial charge on any atom is -0.478 e. The van der Waals surface area contributed by atoms with Crippen LogP contribution >= 0.6 is 0 Å². The zero-order valence-corrected chi connectivity index (χ0v) is 10.9. The van der Waals surface area contributed by atoms with Crippen molar-refractivity contribution >= 4 is 17.7 Å². The number of anilines is 1. The van der Waals surface area contributed by atoms with Gasteiger partial charge in [-0.2, -0.15) is 0 Å². The zero-order valence-electron chi connectivity index (χ0n) is 10.9. The predicted octanol–water partition coefficient (Wildman–Crippen LogP) is 1.03. The summed E-state index contributed by atoms with van der Waals surface area (Å²) in [4.78, 5) is 22.7. The molecule has 0 aromatic heterocycles. The minimum absolute atomic E-state index is 0.327. The highest BCUT2D eigenvalue weighted by molar-refractivity contribution is 5.99. The molecule has 2 rings (SSSR count). The summed E-state index contributed by atoms with van der Waals surface area (Å²) in [5.74, 6) is -4.02. The van der Waals surface area contributed by atoms with Gasteiger partial charge in [0.05, 0.1) is 24.5 Å². The molecule has 1 aliphatic heterocycles. The fraction of sp³-hybridized carbons (Fsp3) is 0.333. The molecule has 1 aromatic rings. The summed E-state index contributed by atoms with van der Waals surface area (Å²) in [6, 6.07) is 0.394. The van der Waals surface area contributed by atoms with Gasteiger partial charge in [-0.25, -0.2) is 23.4 Å². The maximum atomic E-state index is 13.2. The number of nitrogens with zero attached hydrogens (tertiary/aromatic N) is 1. The molecule has 1 saturated heterocycles. The van der Waals surface area contributed by atoms with Gasteiger partial charge in [-0.3, -0.25) is 5.43 Å². The van der Waals surface area contributed by atoms with Crippen LogP contribution in [-0.4, -0.2) is 48.4 Å². The van der Waals surface area contributed by atoms with Crippen LogP contribution in [0.5, 0.6) is 0 Å². The molecule has 0 radical (unpaired) electrons. The first kappa shape index (κ1) is 15.1. The van der Waals surface area contributed by atoms with E-state index in [9.17, 15) is 18.4 Å². The maximum Gasteiger partial charge on any atom is 0.337 e. The summed E-state index contributed by atoms with van der Waals surface area (Å²) >= 11 is 0. The van der Waals surface area contributed by atoms with Crippen molar-refractivity contribution in [1.29, 1.82) is 0 Å². The SMILES string of the molecule is O=C(Nc1cc(F)c(F)cc1C(=O)O)NN1CCOCC1. The summed E-state index contributed by atoms with van der Waals surface area (Å²) in [5, 5.41) is 12.7. The van der Waals surface area contributed by atoms with Crippen LogP contribution in [0.15, 0.2) is 12.1 Å². The van der Waals surface area contributed by atoms with E-state index >= 15 is 0 Å². The molecule has 7 nitrogen and oxygen atoms in total. The number of urea groups is 1. The van der Waals surface area contributed by atoms with E-state index in [1.807, 2.05) is 0 Å². The lowest BCUT2D eigenvalue weighted by Crippen LogP contribution is -2.49. The first-order valence-corrected chi connectivity index (χ1v) is 6.10. The average Bonchev–Trinajstić information content (AvgIpc) is 2.43. The molecule has 0 saturated carbocycles. The Bertz CT molecular complexity index is 562. The highest BCUT2D eigenvalue weighted by Gasteiger charge is 2.18. The van der Waals surface area contributed by atoms with Crippen LogP contribution in [0.25, 0.3) is 0 Å². The molecule has 21 heavy (non-hydrogen) atoms. The Morgan fingerprint density at radius 3 is 2.43 bits per heavy atom. The van der Waals surface area contributed by atoms with Crippen molar-refractivity contribution in [3.05, 3.63) is 29.3 Å². The highest BCUT2D eigenvalue weighted by atomic mass is 19.2. The number of carbonyl (C=O) groups is 2. The summed E-state index contributed by atoms with van der Waals surface area (Å²) in [6.07, 6.45) is 0. The Morgan fingerprint density at radius 1 is 1.19 bits per heavy atom. The van der Waals surface area contributed by atoms with E-state index in [4.69, 9.17) is 9.84 Å². The van der Waals surface area contributed by atoms with Crippen LogP contribution in [0.2, 0.25) is 0 Å². The van der Waals surface area contributed by atoms with E-state index < -0.39 is 29.2 Å².